The van der Waals surface area contributed by atoms with Crippen LogP contribution < -0.4 is 4.90 Å². The molecule has 122 valence electrons. The molecule has 1 fully saturated rings. The molecule has 4 rings (SSSR count). The fourth-order valence-electron chi connectivity index (χ4n) is 3.11. The third kappa shape index (κ3) is 3.15. The molecule has 1 aliphatic heterocycles. The Morgan fingerprint density at radius 2 is 2.00 bits per heavy atom. The predicted molar refractivity (Wildman–Crippen MR) is 89.5 cm³/mol. The average Bonchev–Trinajstić information content (AvgIpc) is 3.27. The number of oxazole rings is 1. The number of halogens is 1. The number of hydrogen-bond donors (Lipinski definition) is 0. The number of pyridine rings is 1. The molecule has 0 spiro atoms. The summed E-state index contributed by atoms with van der Waals surface area (Å²) in [6.45, 7) is 1.82. The van der Waals surface area contributed by atoms with Crippen molar-refractivity contribution < 1.29 is 8.81 Å². The summed E-state index contributed by atoms with van der Waals surface area (Å²) >= 11 is 0. The minimum Gasteiger partial charge on any atom is -0.445 e. The summed E-state index contributed by atoms with van der Waals surface area (Å²) < 4.78 is 18.9. The highest BCUT2D eigenvalue weighted by atomic mass is 19.1. The van der Waals surface area contributed by atoms with E-state index in [1.165, 1.54) is 12.1 Å². The number of nitrogens with zero attached hydrogens (tertiary/aromatic N) is 3. The molecule has 1 aliphatic rings. The third-order valence-electron chi connectivity index (χ3n) is 4.37. The van der Waals surface area contributed by atoms with E-state index in [-0.39, 0.29) is 11.7 Å². The van der Waals surface area contributed by atoms with Gasteiger partial charge < -0.3 is 9.32 Å². The van der Waals surface area contributed by atoms with Crippen molar-refractivity contribution in [2.45, 2.75) is 18.8 Å². The van der Waals surface area contributed by atoms with Crippen LogP contribution in [0.15, 0.2) is 59.3 Å². The van der Waals surface area contributed by atoms with Crippen LogP contribution >= 0.6 is 0 Å². The van der Waals surface area contributed by atoms with E-state index in [1.54, 1.807) is 18.3 Å². The van der Waals surface area contributed by atoms with Crippen molar-refractivity contribution in [3.05, 3.63) is 77.9 Å². The average molecular weight is 323 g/mol. The molecule has 0 unspecified atom stereocenters. The zero-order valence-electron chi connectivity index (χ0n) is 13.2. The van der Waals surface area contributed by atoms with E-state index < -0.39 is 0 Å². The lowest BCUT2D eigenvalue weighted by Crippen LogP contribution is -2.20. The molecule has 5 heteroatoms. The lowest BCUT2D eigenvalue weighted by Gasteiger charge is -2.16. The van der Waals surface area contributed by atoms with Gasteiger partial charge in [0.05, 0.1) is 12.1 Å². The van der Waals surface area contributed by atoms with E-state index in [0.29, 0.717) is 6.42 Å². The third-order valence-corrected chi connectivity index (χ3v) is 4.37. The summed E-state index contributed by atoms with van der Waals surface area (Å²) in [4.78, 5) is 11.1. The summed E-state index contributed by atoms with van der Waals surface area (Å²) in [6, 6.07) is 12.4. The van der Waals surface area contributed by atoms with E-state index in [9.17, 15) is 4.39 Å². The molecule has 0 radical (unpaired) electrons. The molecule has 2 aromatic heterocycles. The quantitative estimate of drug-likeness (QED) is 0.732. The molecule has 0 amide bonds. The molecule has 1 saturated heterocycles. The second kappa shape index (κ2) is 6.43. The predicted octanol–water partition coefficient (Wildman–Crippen LogP) is 3.79. The highest BCUT2D eigenvalue weighted by molar-refractivity contribution is 5.40. The Hall–Kier alpha value is -2.69. The Morgan fingerprint density at radius 1 is 1.12 bits per heavy atom. The first-order chi connectivity index (χ1) is 11.8. The van der Waals surface area contributed by atoms with Gasteiger partial charge in [-0.15, -0.1) is 0 Å². The summed E-state index contributed by atoms with van der Waals surface area (Å²) in [6.07, 6.45) is 5.23. The van der Waals surface area contributed by atoms with Crippen LogP contribution in [0.1, 0.15) is 29.6 Å². The van der Waals surface area contributed by atoms with Crippen LogP contribution in [-0.2, 0) is 6.42 Å². The Morgan fingerprint density at radius 3 is 2.79 bits per heavy atom. The topological polar surface area (TPSA) is 42.2 Å². The SMILES string of the molecule is Fc1ccc(Cc2cnc([C@H]3CCN(c4ccccn4)C3)o2)cc1. The largest absolute Gasteiger partial charge is 0.445 e. The number of hydrogen-bond acceptors (Lipinski definition) is 4. The van der Waals surface area contributed by atoms with E-state index >= 15 is 0 Å². The van der Waals surface area contributed by atoms with Crippen molar-refractivity contribution >= 4 is 5.82 Å². The number of anilines is 1. The lowest BCUT2D eigenvalue weighted by atomic mass is 10.1. The minimum atomic E-state index is -0.224. The summed E-state index contributed by atoms with van der Waals surface area (Å²) in [5, 5.41) is 0. The normalized spacial score (nSPS) is 17.4. The molecule has 1 atom stereocenters. The van der Waals surface area contributed by atoms with Gasteiger partial charge in [-0.3, -0.25) is 0 Å². The van der Waals surface area contributed by atoms with Gasteiger partial charge in [0.15, 0.2) is 5.89 Å². The van der Waals surface area contributed by atoms with E-state index in [2.05, 4.69) is 14.9 Å². The fraction of sp³-hybridized carbons (Fsp3) is 0.263. The standard InChI is InChI=1S/C19H18FN3O/c20-16-6-4-14(5-7-16)11-17-12-22-19(24-17)15-8-10-23(13-15)18-3-1-2-9-21-18/h1-7,9,12,15H,8,10-11,13H2/t15-/m0/s1. The molecule has 0 aliphatic carbocycles. The van der Waals surface area contributed by atoms with Gasteiger partial charge in [-0.05, 0) is 36.2 Å². The van der Waals surface area contributed by atoms with Crippen molar-refractivity contribution in [2.75, 3.05) is 18.0 Å². The number of aromatic nitrogens is 2. The van der Waals surface area contributed by atoms with Crippen molar-refractivity contribution in [3.8, 4) is 0 Å². The molecule has 1 aromatic carbocycles. The van der Waals surface area contributed by atoms with E-state index in [1.807, 2.05) is 24.4 Å². The molecule has 0 saturated carbocycles. The zero-order chi connectivity index (χ0) is 16.4. The monoisotopic (exact) mass is 323 g/mol. The van der Waals surface area contributed by atoms with Gasteiger partial charge in [0.2, 0.25) is 0 Å². The first-order valence-corrected chi connectivity index (χ1v) is 8.13. The van der Waals surface area contributed by atoms with Crippen LogP contribution in [-0.4, -0.2) is 23.1 Å². The Labute approximate surface area is 140 Å². The van der Waals surface area contributed by atoms with E-state index in [4.69, 9.17) is 4.42 Å². The Bertz CT molecular complexity index is 801. The summed E-state index contributed by atoms with van der Waals surface area (Å²) in [5.74, 6) is 2.66. The van der Waals surface area contributed by atoms with Crippen LogP contribution in [0.3, 0.4) is 0 Å². The van der Waals surface area contributed by atoms with Gasteiger partial charge in [-0.2, -0.15) is 0 Å². The molecule has 24 heavy (non-hydrogen) atoms. The summed E-state index contributed by atoms with van der Waals surface area (Å²) in [5.41, 5.74) is 1.01. The van der Waals surface area contributed by atoms with Crippen LogP contribution in [0.5, 0.6) is 0 Å². The molecule has 3 aromatic rings. The second-order valence-corrected chi connectivity index (χ2v) is 6.09. The maximum atomic E-state index is 13.0. The molecule has 0 N–H and O–H groups in total. The van der Waals surface area contributed by atoms with Gasteiger partial charge in [0, 0.05) is 25.7 Å². The number of benzene rings is 1. The first kappa shape index (κ1) is 14.9. The summed E-state index contributed by atoms with van der Waals surface area (Å²) in [7, 11) is 0. The van der Waals surface area contributed by atoms with Gasteiger partial charge in [-0.25, -0.2) is 14.4 Å². The van der Waals surface area contributed by atoms with Crippen molar-refractivity contribution in [1.29, 1.82) is 0 Å². The van der Waals surface area contributed by atoms with Gasteiger partial charge in [-0.1, -0.05) is 18.2 Å². The van der Waals surface area contributed by atoms with Crippen molar-refractivity contribution in [1.82, 2.24) is 9.97 Å². The Kier molecular flexibility index (Phi) is 3.99. The maximum absolute atomic E-state index is 13.0. The highest BCUT2D eigenvalue weighted by Gasteiger charge is 2.28. The van der Waals surface area contributed by atoms with Gasteiger partial charge in [0.25, 0.3) is 0 Å². The van der Waals surface area contributed by atoms with Crippen molar-refractivity contribution in [2.24, 2.45) is 0 Å². The van der Waals surface area contributed by atoms with Gasteiger partial charge >= 0.3 is 0 Å². The van der Waals surface area contributed by atoms with Crippen molar-refractivity contribution in [3.63, 3.8) is 0 Å². The lowest BCUT2D eigenvalue weighted by molar-refractivity contribution is 0.433. The maximum Gasteiger partial charge on any atom is 0.199 e. The van der Waals surface area contributed by atoms with Crippen LogP contribution in [0.2, 0.25) is 0 Å². The van der Waals surface area contributed by atoms with E-state index in [0.717, 1.165) is 42.5 Å². The Balaban J connectivity index is 1.43. The molecule has 3 heterocycles. The fourth-order valence-corrected chi connectivity index (χ4v) is 3.11. The minimum absolute atomic E-state index is 0.224. The molecular formula is C19H18FN3O. The van der Waals surface area contributed by atoms with Crippen LogP contribution in [0.4, 0.5) is 10.2 Å². The number of rotatable bonds is 4. The van der Waals surface area contributed by atoms with Gasteiger partial charge in [0.1, 0.15) is 17.4 Å². The van der Waals surface area contributed by atoms with Crippen LogP contribution in [0, 0.1) is 5.82 Å². The highest BCUT2D eigenvalue weighted by Crippen LogP contribution is 2.29. The van der Waals surface area contributed by atoms with Crippen LogP contribution in [0.25, 0.3) is 0 Å². The molecule has 0 bridgehead atoms. The smallest absolute Gasteiger partial charge is 0.199 e. The first-order valence-electron chi connectivity index (χ1n) is 8.13. The second-order valence-electron chi connectivity index (χ2n) is 6.09. The molecule has 4 nitrogen and oxygen atoms in total. The molecular weight excluding hydrogens is 305 g/mol. The zero-order valence-corrected chi connectivity index (χ0v) is 13.2.